The molecule has 122 valence electrons. The molecule has 0 aliphatic rings. The lowest BCUT2D eigenvalue weighted by atomic mass is 10.2. The third-order valence-corrected chi connectivity index (χ3v) is 3.40. The van der Waals surface area contributed by atoms with E-state index in [1.807, 2.05) is 6.92 Å². The van der Waals surface area contributed by atoms with Crippen LogP contribution in [0.25, 0.3) is 5.69 Å². The van der Waals surface area contributed by atoms with Crippen LogP contribution in [-0.4, -0.2) is 32.8 Å². The van der Waals surface area contributed by atoms with Crippen molar-refractivity contribution < 1.29 is 14.3 Å². The van der Waals surface area contributed by atoms with Crippen LogP contribution in [0.5, 0.6) is 11.5 Å². The van der Waals surface area contributed by atoms with Crippen LogP contribution in [0.15, 0.2) is 48.8 Å². The zero-order valence-electron chi connectivity index (χ0n) is 12.7. The van der Waals surface area contributed by atoms with Crippen LogP contribution in [0.4, 0.5) is 0 Å². The van der Waals surface area contributed by atoms with Crippen molar-refractivity contribution in [3.8, 4) is 17.2 Å². The monoisotopic (exact) mass is 344 g/mol. The maximum Gasteiger partial charge on any atom is 0.349 e. The Morgan fingerprint density at radius 3 is 2.67 bits per heavy atom. The zero-order valence-corrected chi connectivity index (χ0v) is 13.5. The Morgan fingerprint density at radius 1 is 1.21 bits per heavy atom. The Hall–Kier alpha value is -2.93. The quantitative estimate of drug-likeness (QED) is 0.523. The number of benzene rings is 2. The van der Waals surface area contributed by atoms with Crippen LogP contribution < -0.4 is 9.47 Å². The molecule has 0 radical (unpaired) electrons. The number of rotatable bonds is 5. The van der Waals surface area contributed by atoms with E-state index < -0.39 is 5.97 Å². The first-order valence-electron chi connectivity index (χ1n) is 7.05. The molecule has 0 fully saturated rings. The minimum Gasteiger partial charge on any atom is -0.482 e. The molecule has 8 heteroatoms. The van der Waals surface area contributed by atoms with E-state index in [2.05, 4.69) is 15.5 Å². The van der Waals surface area contributed by atoms with Gasteiger partial charge in [0.05, 0.1) is 5.69 Å². The molecule has 0 aliphatic carbocycles. The topological polar surface area (TPSA) is 79.1 Å². The normalized spacial score (nSPS) is 10.4. The van der Waals surface area contributed by atoms with Gasteiger partial charge in [0, 0.05) is 5.02 Å². The molecule has 0 unspecified atom stereocenters. The second-order valence-electron chi connectivity index (χ2n) is 4.92. The van der Waals surface area contributed by atoms with E-state index >= 15 is 0 Å². The summed E-state index contributed by atoms with van der Waals surface area (Å²) in [6, 6.07) is 12.0. The van der Waals surface area contributed by atoms with E-state index in [4.69, 9.17) is 21.1 Å². The predicted molar refractivity (Wildman–Crippen MR) is 86.5 cm³/mol. The highest BCUT2D eigenvalue weighted by Gasteiger charge is 2.08. The van der Waals surface area contributed by atoms with Crippen LogP contribution in [-0.2, 0) is 4.79 Å². The highest BCUT2D eigenvalue weighted by Crippen LogP contribution is 2.22. The lowest BCUT2D eigenvalue weighted by molar-refractivity contribution is -0.136. The molecule has 7 nitrogen and oxygen atoms in total. The van der Waals surface area contributed by atoms with Crippen LogP contribution in [0.2, 0.25) is 5.02 Å². The third kappa shape index (κ3) is 3.88. The molecule has 1 heterocycles. The van der Waals surface area contributed by atoms with Gasteiger partial charge in [0.2, 0.25) is 0 Å². The van der Waals surface area contributed by atoms with Gasteiger partial charge in [-0.1, -0.05) is 11.6 Å². The molecule has 0 saturated carbocycles. The van der Waals surface area contributed by atoms with E-state index in [-0.39, 0.29) is 6.61 Å². The number of nitrogens with zero attached hydrogens (tertiary/aromatic N) is 4. The molecule has 3 aromatic rings. The lowest BCUT2D eigenvalue weighted by Crippen LogP contribution is -2.18. The van der Waals surface area contributed by atoms with E-state index in [1.54, 1.807) is 42.5 Å². The average molecular weight is 345 g/mol. The Kier molecular flexibility index (Phi) is 4.72. The number of carbonyl (C=O) groups excluding carboxylic acids is 1. The smallest absolute Gasteiger partial charge is 0.349 e. The van der Waals surface area contributed by atoms with Crippen LogP contribution >= 0.6 is 11.6 Å². The Morgan fingerprint density at radius 2 is 2.00 bits per heavy atom. The van der Waals surface area contributed by atoms with Gasteiger partial charge in [-0.3, -0.25) is 0 Å². The van der Waals surface area contributed by atoms with Crippen LogP contribution in [0.3, 0.4) is 0 Å². The molecule has 0 amide bonds. The molecule has 0 atom stereocenters. The van der Waals surface area contributed by atoms with Crippen LogP contribution in [0.1, 0.15) is 5.56 Å². The number of tetrazole rings is 1. The van der Waals surface area contributed by atoms with Gasteiger partial charge in [-0.25, -0.2) is 9.48 Å². The van der Waals surface area contributed by atoms with Crippen molar-refractivity contribution in [1.82, 2.24) is 20.2 Å². The first-order valence-corrected chi connectivity index (χ1v) is 7.43. The summed E-state index contributed by atoms with van der Waals surface area (Å²) in [6.45, 7) is 1.65. The first kappa shape index (κ1) is 15.9. The minimum atomic E-state index is -0.500. The summed E-state index contributed by atoms with van der Waals surface area (Å²) < 4.78 is 12.2. The minimum absolute atomic E-state index is 0.197. The summed E-state index contributed by atoms with van der Waals surface area (Å²) in [7, 11) is 0. The predicted octanol–water partition coefficient (Wildman–Crippen LogP) is 2.61. The SMILES string of the molecule is Cc1cc(Cl)ccc1OCC(=O)Oc1ccc(-n2cnnn2)cc1. The van der Waals surface area contributed by atoms with E-state index in [0.717, 1.165) is 11.3 Å². The summed E-state index contributed by atoms with van der Waals surface area (Å²) in [5.41, 5.74) is 1.61. The van der Waals surface area contributed by atoms with E-state index in [0.29, 0.717) is 16.5 Å². The second-order valence-corrected chi connectivity index (χ2v) is 5.36. The molecule has 0 N–H and O–H groups in total. The first-order chi connectivity index (χ1) is 11.6. The molecule has 24 heavy (non-hydrogen) atoms. The Labute approximate surface area is 142 Å². The maximum absolute atomic E-state index is 11.9. The molecule has 0 spiro atoms. The van der Waals surface area contributed by atoms with Gasteiger partial charge in [0.25, 0.3) is 0 Å². The summed E-state index contributed by atoms with van der Waals surface area (Å²) in [5.74, 6) is 0.498. The fourth-order valence-corrected chi connectivity index (χ4v) is 2.25. The van der Waals surface area contributed by atoms with Crippen molar-refractivity contribution in [3.63, 3.8) is 0 Å². The van der Waals surface area contributed by atoms with Crippen molar-refractivity contribution in [3.05, 3.63) is 59.4 Å². The van der Waals surface area contributed by atoms with E-state index in [1.165, 1.54) is 11.0 Å². The van der Waals surface area contributed by atoms with Crippen molar-refractivity contribution in [2.24, 2.45) is 0 Å². The Bertz CT molecular complexity index is 835. The van der Waals surface area contributed by atoms with Gasteiger partial charge in [-0.15, -0.1) is 5.10 Å². The molecule has 1 aromatic heterocycles. The largest absolute Gasteiger partial charge is 0.482 e. The molecule has 0 aliphatic heterocycles. The number of ether oxygens (including phenoxy) is 2. The average Bonchev–Trinajstić information content (AvgIpc) is 3.09. The standard InChI is InChI=1S/C16H13ClN4O3/c1-11-8-12(17)2-7-15(11)23-9-16(22)24-14-5-3-13(4-6-14)21-10-18-19-20-21/h2-8,10H,9H2,1H3. The highest BCUT2D eigenvalue weighted by molar-refractivity contribution is 6.30. The van der Waals surface area contributed by atoms with Crippen molar-refractivity contribution in [1.29, 1.82) is 0 Å². The number of halogens is 1. The zero-order chi connectivity index (χ0) is 16.9. The van der Waals surface area contributed by atoms with Crippen molar-refractivity contribution in [2.75, 3.05) is 6.61 Å². The van der Waals surface area contributed by atoms with Gasteiger partial charge in [0.1, 0.15) is 17.8 Å². The van der Waals surface area contributed by atoms with Crippen molar-refractivity contribution in [2.45, 2.75) is 6.92 Å². The number of hydrogen-bond donors (Lipinski definition) is 0. The summed E-state index contributed by atoms with van der Waals surface area (Å²) >= 11 is 5.88. The molecule has 3 rings (SSSR count). The fraction of sp³-hybridized carbons (Fsp3) is 0.125. The van der Waals surface area contributed by atoms with Gasteiger partial charge in [0.15, 0.2) is 6.61 Å². The van der Waals surface area contributed by atoms with Crippen LogP contribution in [0, 0.1) is 6.92 Å². The van der Waals surface area contributed by atoms with Gasteiger partial charge in [-0.2, -0.15) is 0 Å². The van der Waals surface area contributed by atoms with Crippen molar-refractivity contribution >= 4 is 17.6 Å². The van der Waals surface area contributed by atoms with Gasteiger partial charge in [-0.05, 0) is 65.4 Å². The number of aryl methyl sites for hydroxylation is 1. The number of carbonyl (C=O) groups is 1. The lowest BCUT2D eigenvalue weighted by Gasteiger charge is -2.09. The van der Waals surface area contributed by atoms with Gasteiger partial charge < -0.3 is 9.47 Å². The molecular formula is C16H13ClN4O3. The molecular weight excluding hydrogens is 332 g/mol. The molecule has 0 bridgehead atoms. The number of hydrogen-bond acceptors (Lipinski definition) is 6. The van der Waals surface area contributed by atoms with E-state index in [9.17, 15) is 4.79 Å². The number of esters is 1. The summed E-state index contributed by atoms with van der Waals surface area (Å²) in [6.07, 6.45) is 1.48. The molecule has 0 saturated heterocycles. The highest BCUT2D eigenvalue weighted by atomic mass is 35.5. The Balaban J connectivity index is 1.56. The second kappa shape index (κ2) is 7.10. The summed E-state index contributed by atoms with van der Waals surface area (Å²) in [4.78, 5) is 11.9. The third-order valence-electron chi connectivity index (χ3n) is 3.16. The van der Waals surface area contributed by atoms with Gasteiger partial charge >= 0.3 is 5.97 Å². The number of aromatic nitrogens is 4. The summed E-state index contributed by atoms with van der Waals surface area (Å²) in [5, 5.41) is 11.5. The molecule has 2 aromatic carbocycles. The fourth-order valence-electron chi connectivity index (χ4n) is 2.02. The maximum atomic E-state index is 11.9.